The van der Waals surface area contributed by atoms with Gasteiger partial charge in [-0.25, -0.2) is 9.59 Å². The number of hydrogen-bond acceptors (Lipinski definition) is 4. The number of halogens is 3. The molecule has 150 valence electrons. The Bertz CT molecular complexity index is 645. The van der Waals surface area contributed by atoms with E-state index >= 15 is 0 Å². The molecule has 1 fully saturated rings. The molecule has 1 aromatic heterocycles. The second-order valence-corrected chi connectivity index (χ2v) is 5.97. The van der Waals surface area contributed by atoms with E-state index in [-0.39, 0.29) is 17.9 Å². The summed E-state index contributed by atoms with van der Waals surface area (Å²) in [7, 11) is 3.48. The van der Waals surface area contributed by atoms with E-state index in [1.807, 2.05) is 6.07 Å². The van der Waals surface area contributed by atoms with Crippen LogP contribution in [-0.2, 0) is 9.59 Å². The third kappa shape index (κ3) is 7.50. The van der Waals surface area contributed by atoms with E-state index in [1.54, 1.807) is 42.4 Å². The Kier molecular flexibility index (Phi) is 8.00. The molecule has 2 rings (SSSR count). The van der Waals surface area contributed by atoms with Crippen LogP contribution >= 0.6 is 0 Å². The third-order valence-corrected chi connectivity index (χ3v) is 3.69. The highest BCUT2D eigenvalue weighted by Crippen LogP contribution is 2.20. The molecule has 27 heavy (non-hydrogen) atoms. The van der Waals surface area contributed by atoms with Crippen LogP contribution in [0.5, 0.6) is 0 Å². The number of anilines is 1. The van der Waals surface area contributed by atoms with Gasteiger partial charge in [0.15, 0.2) is 0 Å². The van der Waals surface area contributed by atoms with Gasteiger partial charge >= 0.3 is 18.2 Å². The molecule has 0 bridgehead atoms. The minimum Gasteiger partial charge on any atom is -0.475 e. The number of piperidine rings is 1. The summed E-state index contributed by atoms with van der Waals surface area (Å²) in [6.07, 6.45) is -0.388. The highest BCUT2D eigenvalue weighted by molar-refractivity contribution is 5.92. The molecular weight excluding hydrogens is 369 g/mol. The predicted molar refractivity (Wildman–Crippen MR) is 89.9 cm³/mol. The largest absolute Gasteiger partial charge is 0.490 e. The first-order valence-corrected chi connectivity index (χ1v) is 7.99. The van der Waals surface area contributed by atoms with Gasteiger partial charge in [-0.1, -0.05) is 0 Å². The van der Waals surface area contributed by atoms with Crippen molar-refractivity contribution >= 4 is 23.6 Å². The van der Waals surface area contributed by atoms with Crippen molar-refractivity contribution in [1.29, 1.82) is 0 Å². The average Bonchev–Trinajstić information content (AvgIpc) is 2.61. The Morgan fingerprint density at radius 1 is 1.26 bits per heavy atom. The Balaban J connectivity index is 0.000000445. The van der Waals surface area contributed by atoms with Crippen molar-refractivity contribution in [3.8, 4) is 0 Å². The summed E-state index contributed by atoms with van der Waals surface area (Å²) in [5.74, 6) is -2.79. The van der Waals surface area contributed by atoms with E-state index in [2.05, 4.69) is 10.3 Å². The summed E-state index contributed by atoms with van der Waals surface area (Å²) in [4.78, 5) is 40.1. The van der Waals surface area contributed by atoms with Crippen LogP contribution in [0, 0.1) is 5.92 Å². The number of aromatic nitrogens is 1. The van der Waals surface area contributed by atoms with Crippen molar-refractivity contribution in [3.05, 3.63) is 24.5 Å². The van der Waals surface area contributed by atoms with Crippen molar-refractivity contribution in [2.24, 2.45) is 5.92 Å². The maximum Gasteiger partial charge on any atom is 0.490 e. The first-order valence-electron chi connectivity index (χ1n) is 7.99. The summed E-state index contributed by atoms with van der Waals surface area (Å²) in [6.45, 7) is 1.25. The molecule has 2 heterocycles. The fraction of sp³-hybridized carbons (Fsp3) is 0.500. The molecule has 0 atom stereocenters. The third-order valence-electron chi connectivity index (χ3n) is 3.69. The number of carboxylic acid groups (broad SMARTS) is 1. The monoisotopic (exact) mass is 390 g/mol. The number of hydrogen-bond donors (Lipinski definition) is 2. The standard InChI is InChI=1S/C14H20N4O2.C2HF3O2/c1-17(2)14(20)18-8-5-11(6-9-18)13(19)16-12-4-3-7-15-10-12;3-2(4,5)1(6)7/h3-4,7,10-11H,5-6,8-9H2,1-2H3,(H,16,19);(H,6,7). The molecule has 1 saturated heterocycles. The second kappa shape index (κ2) is 9.74. The number of likely N-dealkylation sites (tertiary alicyclic amines) is 1. The number of carboxylic acids is 1. The van der Waals surface area contributed by atoms with Crippen molar-refractivity contribution in [2.45, 2.75) is 19.0 Å². The molecule has 1 aliphatic rings. The summed E-state index contributed by atoms with van der Waals surface area (Å²) < 4.78 is 31.7. The number of carbonyl (C=O) groups excluding carboxylic acids is 2. The van der Waals surface area contributed by atoms with E-state index in [4.69, 9.17) is 9.90 Å². The minimum absolute atomic E-state index is 0.00921. The van der Waals surface area contributed by atoms with Crippen LogP contribution < -0.4 is 5.32 Å². The molecule has 0 saturated carbocycles. The Labute approximate surface area is 154 Å². The van der Waals surface area contributed by atoms with Crippen molar-refractivity contribution in [2.75, 3.05) is 32.5 Å². The van der Waals surface area contributed by atoms with Crippen LogP contribution in [0.2, 0.25) is 0 Å². The SMILES string of the molecule is CN(C)C(=O)N1CCC(C(=O)Nc2cccnc2)CC1.O=C(O)C(F)(F)F. The number of urea groups is 1. The van der Waals surface area contributed by atoms with Crippen LogP contribution in [0.1, 0.15) is 12.8 Å². The van der Waals surface area contributed by atoms with Gasteiger partial charge in [0.2, 0.25) is 5.91 Å². The second-order valence-electron chi connectivity index (χ2n) is 5.97. The van der Waals surface area contributed by atoms with Gasteiger partial charge in [-0.2, -0.15) is 13.2 Å². The summed E-state index contributed by atoms with van der Waals surface area (Å²) in [5, 5.41) is 9.99. The first-order chi connectivity index (χ1) is 12.5. The molecule has 2 N–H and O–H groups in total. The molecule has 8 nitrogen and oxygen atoms in total. The van der Waals surface area contributed by atoms with Gasteiger partial charge in [0.25, 0.3) is 0 Å². The lowest BCUT2D eigenvalue weighted by atomic mass is 9.96. The number of nitrogens with one attached hydrogen (secondary N) is 1. The smallest absolute Gasteiger partial charge is 0.475 e. The molecule has 0 aromatic carbocycles. The zero-order chi connectivity index (χ0) is 20.6. The Morgan fingerprint density at radius 2 is 1.81 bits per heavy atom. The molecule has 11 heteroatoms. The number of alkyl halides is 3. The van der Waals surface area contributed by atoms with Crippen LogP contribution in [0.15, 0.2) is 24.5 Å². The van der Waals surface area contributed by atoms with E-state index in [9.17, 15) is 22.8 Å². The number of pyridine rings is 1. The van der Waals surface area contributed by atoms with E-state index in [0.29, 0.717) is 31.6 Å². The van der Waals surface area contributed by atoms with Gasteiger partial charge in [0.1, 0.15) is 0 Å². The highest BCUT2D eigenvalue weighted by Gasteiger charge is 2.38. The topological polar surface area (TPSA) is 103 Å². The summed E-state index contributed by atoms with van der Waals surface area (Å²) in [5.41, 5.74) is 0.712. The number of rotatable bonds is 2. The Morgan fingerprint density at radius 3 is 2.22 bits per heavy atom. The van der Waals surface area contributed by atoms with Crippen LogP contribution in [0.4, 0.5) is 23.7 Å². The lowest BCUT2D eigenvalue weighted by Gasteiger charge is -2.33. The van der Waals surface area contributed by atoms with Gasteiger partial charge in [0, 0.05) is 39.3 Å². The number of amides is 3. The molecule has 0 spiro atoms. The predicted octanol–water partition coefficient (Wildman–Crippen LogP) is 2.05. The molecule has 3 amide bonds. The zero-order valence-corrected chi connectivity index (χ0v) is 14.9. The number of aliphatic carboxylic acids is 1. The summed E-state index contributed by atoms with van der Waals surface area (Å²) in [6, 6.07) is 3.61. The van der Waals surface area contributed by atoms with Crippen LogP contribution in [-0.4, -0.2) is 71.2 Å². The molecule has 0 aliphatic carbocycles. The number of carbonyl (C=O) groups is 3. The van der Waals surface area contributed by atoms with E-state index < -0.39 is 12.1 Å². The fourth-order valence-electron chi connectivity index (χ4n) is 2.30. The molecule has 0 radical (unpaired) electrons. The van der Waals surface area contributed by atoms with E-state index in [1.165, 1.54) is 0 Å². The highest BCUT2D eigenvalue weighted by atomic mass is 19.4. The number of nitrogens with zero attached hydrogens (tertiary/aromatic N) is 3. The van der Waals surface area contributed by atoms with Gasteiger partial charge < -0.3 is 20.2 Å². The van der Waals surface area contributed by atoms with Gasteiger partial charge in [-0.05, 0) is 25.0 Å². The van der Waals surface area contributed by atoms with Crippen LogP contribution in [0.25, 0.3) is 0 Å². The molecular formula is C16H21F3N4O4. The molecule has 1 aromatic rings. The van der Waals surface area contributed by atoms with Crippen molar-refractivity contribution in [3.63, 3.8) is 0 Å². The lowest BCUT2D eigenvalue weighted by molar-refractivity contribution is -0.192. The van der Waals surface area contributed by atoms with Gasteiger partial charge in [-0.15, -0.1) is 0 Å². The van der Waals surface area contributed by atoms with Gasteiger partial charge in [-0.3, -0.25) is 9.78 Å². The molecule has 0 unspecified atom stereocenters. The van der Waals surface area contributed by atoms with Crippen molar-refractivity contribution < 1.29 is 32.7 Å². The maximum absolute atomic E-state index is 12.1. The first kappa shape index (κ1) is 22.2. The quantitative estimate of drug-likeness (QED) is 0.805. The molecule has 1 aliphatic heterocycles. The lowest BCUT2D eigenvalue weighted by Crippen LogP contribution is -2.45. The van der Waals surface area contributed by atoms with Crippen molar-refractivity contribution in [1.82, 2.24) is 14.8 Å². The normalized spacial score (nSPS) is 14.6. The summed E-state index contributed by atoms with van der Waals surface area (Å²) >= 11 is 0. The minimum atomic E-state index is -5.08. The van der Waals surface area contributed by atoms with E-state index in [0.717, 1.165) is 0 Å². The maximum atomic E-state index is 12.1. The van der Waals surface area contributed by atoms with Gasteiger partial charge in [0.05, 0.1) is 11.9 Å². The fourth-order valence-corrected chi connectivity index (χ4v) is 2.30. The Hall–Kier alpha value is -2.85. The average molecular weight is 390 g/mol. The van der Waals surface area contributed by atoms with Crippen LogP contribution in [0.3, 0.4) is 0 Å². The zero-order valence-electron chi connectivity index (χ0n) is 14.9.